The minimum atomic E-state index is -1.55. The molecule has 0 aromatic rings. The number of carbonyl (C=O) groups is 1. The third-order valence-electron chi connectivity index (χ3n) is 13.0. The second-order valence-electron chi connectivity index (χ2n) is 17.8. The largest absolute Gasteiger partial charge is 0.394 e. The lowest BCUT2D eigenvalue weighted by Gasteiger charge is -2.67. The van der Waals surface area contributed by atoms with Gasteiger partial charge < -0.3 is 40.3 Å². The Kier molecular flexibility index (Phi) is 25.2. The molecule has 1 aliphatic heterocycles. The second kappa shape index (κ2) is 28.6. The van der Waals surface area contributed by atoms with Crippen LogP contribution in [0.2, 0.25) is 0 Å². The number of hydrogen-bond acceptors (Lipinski definition) is 9. The van der Waals surface area contributed by atoms with Crippen LogP contribution in [0, 0.1) is 5.92 Å². The molecule has 1 heterocycles. The topological polar surface area (TPSA) is 152 Å². The molecule has 0 aromatic carbocycles. The Morgan fingerprint density at radius 2 is 1.16 bits per heavy atom. The highest BCUT2D eigenvalue weighted by Gasteiger charge is 2.59. The standard InChI is InChI=1S/C45H86N2O8/c1-3-5-7-9-10-11-12-13-14-15-16-19-23-27-38(49)37(35-54-44-43(53)42(52)41(51)39(34-48)55-44)46-40(50)28-24-20-17-18-22-26-30-47(29-25-21-8-6-4-2)45-31-36(32-45)33-45/h36-39,41-44,48-49,51-53H,3-35H2,1-2H3,(H,46,50)/t36?,37-,38+,39?,41?,42?,43?,44?,45?/m0/s1. The first-order chi connectivity index (χ1) is 26.7. The van der Waals surface area contributed by atoms with Crippen molar-refractivity contribution < 1.29 is 39.8 Å². The Morgan fingerprint density at radius 3 is 1.64 bits per heavy atom. The van der Waals surface area contributed by atoms with Gasteiger partial charge in [-0.3, -0.25) is 9.69 Å². The summed E-state index contributed by atoms with van der Waals surface area (Å²) in [6, 6.07) is -0.715. The average molecular weight is 783 g/mol. The summed E-state index contributed by atoms with van der Waals surface area (Å²) in [6.45, 7) is 6.36. The highest BCUT2D eigenvalue weighted by atomic mass is 16.7. The van der Waals surface area contributed by atoms with E-state index in [9.17, 15) is 30.3 Å². The monoisotopic (exact) mass is 783 g/mol. The molecule has 4 rings (SSSR count). The fourth-order valence-corrected chi connectivity index (χ4v) is 9.11. The lowest BCUT2D eigenvalue weighted by molar-refractivity contribution is -0.302. The predicted molar refractivity (Wildman–Crippen MR) is 221 cm³/mol. The number of unbranched alkanes of at least 4 members (excludes halogenated alkanes) is 21. The Bertz CT molecular complexity index is 954. The highest BCUT2D eigenvalue weighted by Crippen LogP contribution is 2.60. The summed E-state index contributed by atoms with van der Waals surface area (Å²) in [7, 11) is 0. The molecule has 10 nitrogen and oxygen atoms in total. The number of amides is 1. The molecule has 5 unspecified atom stereocenters. The molecule has 4 aliphatic rings. The molecular formula is C45H86N2O8. The van der Waals surface area contributed by atoms with Crippen LogP contribution in [0.4, 0.5) is 0 Å². The van der Waals surface area contributed by atoms with E-state index in [-0.39, 0.29) is 12.5 Å². The maximum absolute atomic E-state index is 13.1. The Morgan fingerprint density at radius 1 is 0.691 bits per heavy atom. The van der Waals surface area contributed by atoms with Crippen LogP contribution in [-0.4, -0.2) is 111 Å². The highest BCUT2D eigenvalue weighted by molar-refractivity contribution is 5.76. The van der Waals surface area contributed by atoms with Gasteiger partial charge in [0.2, 0.25) is 5.91 Å². The SMILES string of the molecule is CCCCCCCCCCCCCCC[C@@H](O)[C@H](COC1OC(CO)C(O)C(O)C1O)NC(=O)CCCCCCCCN(CCCCCCC)C12CC(C1)C2. The molecule has 0 spiro atoms. The van der Waals surface area contributed by atoms with E-state index >= 15 is 0 Å². The number of hydrogen-bond donors (Lipinski definition) is 6. The van der Waals surface area contributed by atoms with Gasteiger partial charge in [-0.15, -0.1) is 0 Å². The zero-order valence-electron chi connectivity index (χ0n) is 35.4. The fourth-order valence-electron chi connectivity index (χ4n) is 9.11. The van der Waals surface area contributed by atoms with Crippen LogP contribution in [0.1, 0.15) is 200 Å². The van der Waals surface area contributed by atoms with Gasteiger partial charge in [0.1, 0.15) is 24.4 Å². The minimum Gasteiger partial charge on any atom is -0.394 e. The first kappa shape index (κ1) is 48.5. The van der Waals surface area contributed by atoms with Gasteiger partial charge in [0.25, 0.3) is 0 Å². The van der Waals surface area contributed by atoms with Crippen molar-refractivity contribution in [3.63, 3.8) is 0 Å². The molecule has 3 aliphatic carbocycles. The maximum Gasteiger partial charge on any atom is 0.220 e. The third-order valence-corrected chi connectivity index (χ3v) is 13.0. The van der Waals surface area contributed by atoms with Crippen LogP contribution in [-0.2, 0) is 14.3 Å². The Hall–Kier alpha value is -0.850. The van der Waals surface area contributed by atoms with E-state index in [1.807, 2.05) is 0 Å². The minimum absolute atomic E-state index is 0.133. The van der Waals surface area contributed by atoms with Gasteiger partial charge in [0, 0.05) is 12.0 Å². The van der Waals surface area contributed by atoms with Crippen molar-refractivity contribution in [2.45, 2.75) is 248 Å². The molecule has 7 atom stereocenters. The van der Waals surface area contributed by atoms with Gasteiger partial charge in [-0.25, -0.2) is 0 Å². The van der Waals surface area contributed by atoms with Crippen LogP contribution in [0.15, 0.2) is 0 Å². The van der Waals surface area contributed by atoms with Crippen molar-refractivity contribution in [1.82, 2.24) is 10.2 Å². The summed E-state index contributed by atoms with van der Waals surface area (Å²) in [6.07, 6.45) is 26.8. The lowest BCUT2D eigenvalue weighted by atomic mass is 9.49. The van der Waals surface area contributed by atoms with Crippen molar-refractivity contribution in [3.8, 4) is 0 Å². The quantitative estimate of drug-likeness (QED) is 0.0352. The molecule has 4 fully saturated rings. The van der Waals surface area contributed by atoms with E-state index < -0.39 is 49.5 Å². The molecule has 6 N–H and O–H groups in total. The molecule has 10 heteroatoms. The number of aliphatic hydroxyl groups is 5. The number of ether oxygens (including phenoxy) is 2. The van der Waals surface area contributed by atoms with Crippen molar-refractivity contribution in [2.24, 2.45) is 5.92 Å². The van der Waals surface area contributed by atoms with Crippen molar-refractivity contribution in [1.29, 1.82) is 0 Å². The normalized spacial score (nSPS) is 27.1. The summed E-state index contributed by atoms with van der Waals surface area (Å²) in [5.74, 6) is 0.873. The van der Waals surface area contributed by atoms with E-state index in [2.05, 4.69) is 24.1 Å². The molecule has 2 bridgehead atoms. The summed E-state index contributed by atoms with van der Waals surface area (Å²) in [5, 5.41) is 54.5. The van der Waals surface area contributed by atoms with Gasteiger partial charge in [-0.05, 0) is 64.0 Å². The number of aliphatic hydroxyl groups excluding tert-OH is 5. The summed E-state index contributed by atoms with van der Waals surface area (Å²) in [4.78, 5) is 15.9. The molecule has 3 saturated carbocycles. The Labute approximate surface area is 335 Å². The number of rotatable bonds is 36. The fraction of sp³-hybridized carbons (Fsp3) is 0.978. The molecular weight excluding hydrogens is 697 g/mol. The van der Waals surface area contributed by atoms with E-state index in [1.54, 1.807) is 0 Å². The lowest BCUT2D eigenvalue weighted by Crippen LogP contribution is -2.68. The first-order valence-electron chi connectivity index (χ1n) is 23.4. The van der Waals surface area contributed by atoms with Crippen LogP contribution in [0.5, 0.6) is 0 Å². The van der Waals surface area contributed by atoms with Crippen molar-refractivity contribution in [3.05, 3.63) is 0 Å². The first-order valence-corrected chi connectivity index (χ1v) is 23.4. The smallest absolute Gasteiger partial charge is 0.220 e. The van der Waals surface area contributed by atoms with Gasteiger partial charge in [-0.1, -0.05) is 149 Å². The van der Waals surface area contributed by atoms with Crippen LogP contribution in [0.25, 0.3) is 0 Å². The zero-order chi connectivity index (χ0) is 39.7. The molecule has 1 saturated heterocycles. The van der Waals surface area contributed by atoms with E-state index in [1.165, 1.54) is 148 Å². The second-order valence-corrected chi connectivity index (χ2v) is 17.8. The molecule has 55 heavy (non-hydrogen) atoms. The summed E-state index contributed by atoms with van der Waals surface area (Å²) < 4.78 is 11.3. The van der Waals surface area contributed by atoms with E-state index in [0.29, 0.717) is 18.4 Å². The maximum atomic E-state index is 13.1. The number of carbonyl (C=O) groups excluding carboxylic acids is 1. The number of nitrogens with zero attached hydrogens (tertiary/aromatic N) is 1. The van der Waals surface area contributed by atoms with E-state index in [0.717, 1.165) is 44.4 Å². The number of nitrogens with one attached hydrogen (secondary N) is 1. The summed E-state index contributed by atoms with van der Waals surface area (Å²) in [5.41, 5.74) is 0.556. The summed E-state index contributed by atoms with van der Waals surface area (Å²) >= 11 is 0. The van der Waals surface area contributed by atoms with E-state index in [4.69, 9.17) is 9.47 Å². The van der Waals surface area contributed by atoms with Crippen LogP contribution >= 0.6 is 0 Å². The average Bonchev–Trinajstić information content (AvgIpc) is 3.14. The molecule has 324 valence electrons. The molecule has 0 aromatic heterocycles. The van der Waals surface area contributed by atoms with Crippen molar-refractivity contribution in [2.75, 3.05) is 26.3 Å². The predicted octanol–water partition coefficient (Wildman–Crippen LogP) is 7.69. The Balaban J connectivity index is 1.32. The van der Waals surface area contributed by atoms with Crippen LogP contribution < -0.4 is 5.32 Å². The zero-order valence-corrected chi connectivity index (χ0v) is 35.4. The van der Waals surface area contributed by atoms with Crippen LogP contribution in [0.3, 0.4) is 0 Å². The van der Waals surface area contributed by atoms with Crippen molar-refractivity contribution >= 4 is 5.91 Å². The molecule has 1 amide bonds. The molecule has 0 radical (unpaired) electrons. The van der Waals surface area contributed by atoms with Gasteiger partial charge >= 0.3 is 0 Å². The van der Waals surface area contributed by atoms with Gasteiger partial charge in [0.15, 0.2) is 6.29 Å². The third kappa shape index (κ3) is 17.9. The van der Waals surface area contributed by atoms with Gasteiger partial charge in [0.05, 0.1) is 25.4 Å². The van der Waals surface area contributed by atoms with Gasteiger partial charge in [-0.2, -0.15) is 0 Å².